The zero-order valence-corrected chi connectivity index (χ0v) is 25.2. The van der Waals surface area contributed by atoms with E-state index in [4.69, 9.17) is 37.3 Å². The van der Waals surface area contributed by atoms with E-state index in [1.807, 2.05) is 18.2 Å². The number of phosphoric acid groups is 1. The number of rotatable bonds is 13. The van der Waals surface area contributed by atoms with E-state index < -0.39 is 63.0 Å². The quantitative estimate of drug-likeness (QED) is 0.143. The summed E-state index contributed by atoms with van der Waals surface area (Å²) in [4.78, 5) is 36.3. The summed E-state index contributed by atoms with van der Waals surface area (Å²) in [7, 11) is -4.62. The predicted octanol–water partition coefficient (Wildman–Crippen LogP) is 5.01. The third-order valence-electron chi connectivity index (χ3n) is 6.09. The molecule has 1 aliphatic rings. The Morgan fingerprint density at radius 1 is 0.682 bits per heavy atom. The van der Waals surface area contributed by atoms with Crippen LogP contribution in [0, 0.1) is 0 Å². The molecular formula is C31H33O12P. The van der Waals surface area contributed by atoms with Crippen LogP contribution in [-0.2, 0) is 53.8 Å². The molecule has 0 bridgehead atoms. The molecule has 13 heteroatoms. The lowest BCUT2D eigenvalue weighted by molar-refractivity contribution is -0.296. The number of carbonyl (C=O) groups excluding carboxylic acids is 3. The second-order valence-electron chi connectivity index (χ2n) is 9.62. The van der Waals surface area contributed by atoms with Gasteiger partial charge in [0.1, 0.15) is 30.3 Å². The largest absolute Gasteiger partial charge is 0.590 e. The van der Waals surface area contributed by atoms with Crippen molar-refractivity contribution in [2.45, 2.75) is 58.1 Å². The zero-order chi connectivity index (χ0) is 31.5. The van der Waals surface area contributed by atoms with Gasteiger partial charge in [-0.1, -0.05) is 66.7 Å². The topological polar surface area (TPSA) is 142 Å². The fraction of sp³-hybridized carbons (Fsp3) is 0.323. The van der Waals surface area contributed by atoms with Crippen LogP contribution in [0.2, 0.25) is 0 Å². The van der Waals surface area contributed by atoms with Gasteiger partial charge in [-0.05, 0) is 29.8 Å². The Morgan fingerprint density at radius 3 is 1.68 bits per heavy atom. The Bertz CT molecular complexity index is 1370. The molecule has 1 saturated heterocycles. The van der Waals surface area contributed by atoms with E-state index in [9.17, 15) is 18.9 Å². The summed E-state index contributed by atoms with van der Waals surface area (Å²) in [6.45, 7) is 3.10. The van der Waals surface area contributed by atoms with E-state index >= 15 is 0 Å². The van der Waals surface area contributed by atoms with Crippen molar-refractivity contribution in [2.24, 2.45) is 0 Å². The van der Waals surface area contributed by atoms with Gasteiger partial charge in [-0.15, -0.1) is 0 Å². The van der Waals surface area contributed by atoms with Gasteiger partial charge in [0.15, 0.2) is 12.2 Å². The van der Waals surface area contributed by atoms with Crippen LogP contribution in [0.25, 0.3) is 0 Å². The number of esters is 3. The summed E-state index contributed by atoms with van der Waals surface area (Å²) in [5, 5.41) is 0. The molecule has 4 rings (SSSR count). The van der Waals surface area contributed by atoms with Gasteiger partial charge in [-0.25, -0.2) is 9.09 Å². The maximum absolute atomic E-state index is 14.3. The molecule has 0 aliphatic carbocycles. The van der Waals surface area contributed by atoms with Crippen molar-refractivity contribution in [1.82, 2.24) is 0 Å². The van der Waals surface area contributed by atoms with Crippen LogP contribution in [0.5, 0.6) is 11.5 Å². The van der Waals surface area contributed by atoms with Crippen molar-refractivity contribution >= 4 is 25.7 Å². The van der Waals surface area contributed by atoms with E-state index in [0.717, 1.165) is 12.5 Å². The lowest BCUT2D eigenvalue weighted by Gasteiger charge is -2.44. The highest BCUT2D eigenvalue weighted by Crippen LogP contribution is 2.52. The molecular weight excluding hydrogens is 595 g/mol. The van der Waals surface area contributed by atoms with Gasteiger partial charge in [-0.3, -0.25) is 14.4 Å². The molecule has 0 aromatic heterocycles. The highest BCUT2D eigenvalue weighted by Gasteiger charge is 2.54. The second kappa shape index (κ2) is 15.5. The van der Waals surface area contributed by atoms with Crippen molar-refractivity contribution in [3.05, 3.63) is 96.6 Å². The molecule has 3 aromatic carbocycles. The minimum absolute atomic E-state index is 0.00721. The Kier molecular flexibility index (Phi) is 11.5. The van der Waals surface area contributed by atoms with Crippen molar-refractivity contribution in [2.75, 3.05) is 6.61 Å². The van der Waals surface area contributed by atoms with Crippen molar-refractivity contribution in [1.29, 1.82) is 0 Å². The van der Waals surface area contributed by atoms with Crippen LogP contribution in [0.4, 0.5) is 0 Å². The first-order valence-corrected chi connectivity index (χ1v) is 15.1. The lowest BCUT2D eigenvalue weighted by Crippen LogP contribution is -2.62. The maximum Gasteiger partial charge on any atom is 0.590 e. The minimum Gasteiger partial charge on any atom is -0.463 e. The fourth-order valence-corrected chi connectivity index (χ4v) is 5.62. The first kappa shape index (κ1) is 32.7. The number of hydrogen-bond acceptors (Lipinski definition) is 12. The van der Waals surface area contributed by atoms with Crippen LogP contribution in [0.1, 0.15) is 26.3 Å². The molecule has 0 saturated carbocycles. The fourth-order valence-electron chi connectivity index (χ4n) is 4.31. The first-order chi connectivity index (χ1) is 21.1. The summed E-state index contributed by atoms with van der Waals surface area (Å²) < 4.78 is 60.2. The van der Waals surface area contributed by atoms with Gasteiger partial charge in [0.25, 0.3) is 0 Å². The summed E-state index contributed by atoms with van der Waals surface area (Å²) in [5.74, 6) is -1.80. The van der Waals surface area contributed by atoms with Crippen LogP contribution < -0.4 is 9.05 Å². The highest BCUT2D eigenvalue weighted by molar-refractivity contribution is 7.49. The van der Waals surface area contributed by atoms with Gasteiger partial charge in [0.05, 0.1) is 6.61 Å². The highest BCUT2D eigenvalue weighted by atomic mass is 31.2. The molecule has 0 unspecified atom stereocenters. The van der Waals surface area contributed by atoms with Crippen LogP contribution in [-0.4, -0.2) is 55.2 Å². The third kappa shape index (κ3) is 9.65. The molecule has 5 atom stereocenters. The van der Waals surface area contributed by atoms with Crippen molar-refractivity contribution < 1.29 is 56.2 Å². The number of phosphoric ester groups is 1. The van der Waals surface area contributed by atoms with E-state index in [1.54, 1.807) is 72.8 Å². The molecule has 234 valence electrons. The number of hydrogen-bond donors (Lipinski definition) is 0. The molecule has 12 nitrogen and oxygen atoms in total. The maximum atomic E-state index is 14.3. The first-order valence-electron chi connectivity index (χ1n) is 13.7. The Labute approximate surface area is 254 Å². The van der Waals surface area contributed by atoms with Crippen LogP contribution in [0.3, 0.4) is 0 Å². The normalized spacial score (nSPS) is 21.5. The summed E-state index contributed by atoms with van der Waals surface area (Å²) in [6.07, 6.45) is -6.83. The van der Waals surface area contributed by atoms with Gasteiger partial charge in [0, 0.05) is 20.8 Å². The standard InChI is InChI=1S/C31H33O12P/c1-21(32)36-20-27-28(38-22(2)33)29(37-19-24-13-7-4-8-14-24)30(39-23(3)34)31(40-27)43-44(35,41-25-15-9-5-10-16-25)42-26-17-11-6-12-18-26/h4-18,27-31H,19-20H2,1-3H3/t27-,28-,29-,30+,31-/m1/s1. The Hall–Kier alpha value is -4.22. The van der Waals surface area contributed by atoms with Gasteiger partial charge in [-0.2, -0.15) is 0 Å². The molecule has 0 radical (unpaired) electrons. The van der Waals surface area contributed by atoms with E-state index in [-0.39, 0.29) is 18.1 Å². The molecule has 1 fully saturated rings. The SMILES string of the molecule is CC(=O)OC[C@H]1O[C@H](OP(=O)(Oc2ccccc2)Oc2ccccc2)[C@@H](OC(C)=O)[C@H](OCc2ccccc2)[C@@H]1OC(C)=O. The summed E-state index contributed by atoms with van der Waals surface area (Å²) in [5.41, 5.74) is 0.752. The lowest BCUT2D eigenvalue weighted by atomic mass is 9.98. The van der Waals surface area contributed by atoms with E-state index in [1.165, 1.54) is 13.8 Å². The van der Waals surface area contributed by atoms with Crippen molar-refractivity contribution in [3.63, 3.8) is 0 Å². The average molecular weight is 629 g/mol. The zero-order valence-electron chi connectivity index (χ0n) is 24.3. The number of para-hydroxylation sites is 2. The number of benzene rings is 3. The summed E-state index contributed by atoms with van der Waals surface area (Å²) >= 11 is 0. The minimum atomic E-state index is -4.62. The Morgan fingerprint density at radius 2 is 1.18 bits per heavy atom. The molecule has 3 aromatic rings. The predicted molar refractivity (Wildman–Crippen MR) is 154 cm³/mol. The second-order valence-corrected chi connectivity index (χ2v) is 11.1. The smallest absolute Gasteiger partial charge is 0.463 e. The number of ether oxygens (including phenoxy) is 5. The third-order valence-corrected chi connectivity index (χ3v) is 7.42. The monoisotopic (exact) mass is 628 g/mol. The molecule has 1 aliphatic heterocycles. The van der Waals surface area contributed by atoms with Crippen LogP contribution >= 0.6 is 7.82 Å². The molecule has 44 heavy (non-hydrogen) atoms. The molecule has 0 spiro atoms. The van der Waals surface area contributed by atoms with E-state index in [0.29, 0.717) is 0 Å². The van der Waals surface area contributed by atoms with Gasteiger partial charge < -0.3 is 32.7 Å². The molecule has 0 amide bonds. The van der Waals surface area contributed by atoms with Crippen LogP contribution in [0.15, 0.2) is 91.0 Å². The molecule has 1 heterocycles. The van der Waals surface area contributed by atoms with Gasteiger partial charge >= 0.3 is 25.7 Å². The van der Waals surface area contributed by atoms with Gasteiger partial charge in [0.2, 0.25) is 6.29 Å². The molecule has 0 N–H and O–H groups in total. The van der Waals surface area contributed by atoms with Crippen molar-refractivity contribution in [3.8, 4) is 11.5 Å². The Balaban J connectivity index is 1.73. The number of carbonyl (C=O) groups is 3. The summed E-state index contributed by atoms with van der Waals surface area (Å²) in [6, 6.07) is 25.3. The average Bonchev–Trinajstić information content (AvgIpc) is 2.98. The van der Waals surface area contributed by atoms with E-state index in [2.05, 4.69) is 0 Å².